The maximum absolute atomic E-state index is 5.33. The van der Waals surface area contributed by atoms with Crippen LogP contribution in [-0.2, 0) is 0 Å². The molecule has 106 valence electrons. The first-order chi connectivity index (χ1) is 10.1. The molecule has 1 heterocycles. The van der Waals surface area contributed by atoms with Crippen molar-refractivity contribution >= 4 is 54.9 Å². The third kappa shape index (κ3) is 3.54. The van der Waals surface area contributed by atoms with Crippen LogP contribution in [0.25, 0.3) is 5.70 Å². The van der Waals surface area contributed by atoms with E-state index < -0.39 is 0 Å². The minimum absolute atomic E-state index is 0.0745. The van der Waals surface area contributed by atoms with Gasteiger partial charge in [-0.1, -0.05) is 56.1 Å². The fourth-order valence-corrected chi connectivity index (χ4v) is 2.96. The second-order valence-electron chi connectivity index (χ2n) is 4.71. The molecule has 1 atom stereocenters. The molecule has 0 saturated carbocycles. The van der Waals surface area contributed by atoms with Gasteiger partial charge in [0.2, 0.25) is 0 Å². The second kappa shape index (κ2) is 6.30. The minimum Gasteiger partial charge on any atom is -0.352 e. The van der Waals surface area contributed by atoms with Crippen molar-refractivity contribution in [2.75, 3.05) is 0 Å². The molecule has 2 nitrogen and oxygen atoms in total. The van der Waals surface area contributed by atoms with Gasteiger partial charge >= 0.3 is 0 Å². The summed E-state index contributed by atoms with van der Waals surface area (Å²) in [6.45, 7) is 0. The van der Waals surface area contributed by atoms with E-state index in [1.165, 1.54) is 5.56 Å². The number of nitrogens with one attached hydrogen (secondary N) is 2. The van der Waals surface area contributed by atoms with E-state index in [2.05, 4.69) is 72.8 Å². The van der Waals surface area contributed by atoms with E-state index in [4.69, 9.17) is 12.2 Å². The summed E-state index contributed by atoms with van der Waals surface area (Å²) in [4.78, 5) is 0. The van der Waals surface area contributed by atoms with E-state index in [0.717, 1.165) is 20.2 Å². The number of hydrogen-bond acceptors (Lipinski definition) is 1. The van der Waals surface area contributed by atoms with Gasteiger partial charge in [-0.25, -0.2) is 0 Å². The molecule has 0 fully saturated rings. The molecule has 1 aliphatic heterocycles. The predicted octanol–water partition coefficient (Wildman–Crippen LogP) is 4.77. The molecule has 2 aromatic rings. The quantitative estimate of drug-likeness (QED) is 0.680. The SMILES string of the molecule is S=C1NC(c2ccc(Br)cc2)=C[C@H](c2ccc(Br)cc2)N1. The Hall–Kier alpha value is -1.17. The number of halogens is 2. The first-order valence-corrected chi connectivity index (χ1v) is 8.42. The molecule has 0 bridgehead atoms. The molecule has 0 radical (unpaired) electrons. The van der Waals surface area contributed by atoms with Gasteiger partial charge in [-0.15, -0.1) is 0 Å². The molecule has 3 rings (SSSR count). The van der Waals surface area contributed by atoms with Crippen LogP contribution in [-0.4, -0.2) is 5.11 Å². The average Bonchev–Trinajstić information content (AvgIpc) is 2.48. The van der Waals surface area contributed by atoms with Crippen molar-refractivity contribution in [1.29, 1.82) is 0 Å². The lowest BCUT2D eigenvalue weighted by Crippen LogP contribution is -2.40. The molecular weight excluding hydrogens is 412 g/mol. The van der Waals surface area contributed by atoms with Gasteiger partial charge in [-0.2, -0.15) is 0 Å². The smallest absolute Gasteiger partial charge is 0.171 e. The first kappa shape index (κ1) is 14.8. The summed E-state index contributed by atoms with van der Waals surface area (Å²) >= 11 is 12.2. The highest BCUT2D eigenvalue weighted by molar-refractivity contribution is 9.10. The summed E-state index contributed by atoms with van der Waals surface area (Å²) < 4.78 is 2.13. The van der Waals surface area contributed by atoms with Gasteiger partial charge in [0.1, 0.15) is 0 Å². The van der Waals surface area contributed by atoms with Crippen molar-refractivity contribution < 1.29 is 0 Å². The van der Waals surface area contributed by atoms with Crippen LogP contribution in [0.4, 0.5) is 0 Å². The maximum Gasteiger partial charge on any atom is 0.171 e. The number of rotatable bonds is 2. The third-order valence-electron chi connectivity index (χ3n) is 3.25. The summed E-state index contributed by atoms with van der Waals surface area (Å²) in [7, 11) is 0. The van der Waals surface area contributed by atoms with Crippen molar-refractivity contribution in [3.63, 3.8) is 0 Å². The van der Waals surface area contributed by atoms with Crippen molar-refractivity contribution in [3.05, 3.63) is 74.7 Å². The summed E-state index contributed by atoms with van der Waals surface area (Å²) in [6, 6.07) is 16.5. The van der Waals surface area contributed by atoms with Crippen LogP contribution < -0.4 is 10.6 Å². The van der Waals surface area contributed by atoms with Gasteiger partial charge in [0, 0.05) is 14.6 Å². The predicted molar refractivity (Wildman–Crippen MR) is 97.9 cm³/mol. The van der Waals surface area contributed by atoms with Crippen molar-refractivity contribution in [1.82, 2.24) is 10.6 Å². The van der Waals surface area contributed by atoms with Crippen LogP contribution in [0.1, 0.15) is 17.2 Å². The lowest BCUT2D eigenvalue weighted by atomic mass is 10.0. The zero-order valence-electron chi connectivity index (χ0n) is 10.9. The van der Waals surface area contributed by atoms with Gasteiger partial charge in [-0.3, -0.25) is 0 Å². The van der Waals surface area contributed by atoms with Crippen LogP contribution in [0.2, 0.25) is 0 Å². The van der Waals surface area contributed by atoms with Crippen LogP contribution in [0.15, 0.2) is 63.6 Å². The van der Waals surface area contributed by atoms with Crippen LogP contribution in [0, 0.1) is 0 Å². The van der Waals surface area contributed by atoms with E-state index in [1.807, 2.05) is 24.3 Å². The Morgan fingerprint density at radius 1 is 0.857 bits per heavy atom. The highest BCUT2D eigenvalue weighted by Gasteiger charge is 2.18. The average molecular weight is 424 g/mol. The van der Waals surface area contributed by atoms with Crippen LogP contribution >= 0.6 is 44.1 Å². The number of benzene rings is 2. The fourth-order valence-electron chi connectivity index (χ4n) is 2.20. The van der Waals surface area contributed by atoms with Gasteiger partial charge in [-0.05, 0) is 53.7 Å². The third-order valence-corrected chi connectivity index (χ3v) is 4.53. The van der Waals surface area contributed by atoms with E-state index in [0.29, 0.717) is 5.11 Å². The summed E-state index contributed by atoms with van der Waals surface area (Å²) in [5.74, 6) is 0. The van der Waals surface area contributed by atoms with E-state index >= 15 is 0 Å². The van der Waals surface area contributed by atoms with Crippen LogP contribution in [0.5, 0.6) is 0 Å². The normalized spacial score (nSPS) is 17.7. The molecular formula is C16H12Br2N2S. The summed E-state index contributed by atoms with van der Waals surface area (Å²) in [5, 5.41) is 7.14. The van der Waals surface area contributed by atoms with Gasteiger partial charge in [0.05, 0.1) is 6.04 Å². The Morgan fingerprint density at radius 3 is 2.05 bits per heavy atom. The zero-order valence-corrected chi connectivity index (χ0v) is 14.9. The minimum atomic E-state index is 0.0745. The first-order valence-electron chi connectivity index (χ1n) is 6.42. The molecule has 0 aliphatic carbocycles. The lowest BCUT2D eigenvalue weighted by molar-refractivity contribution is 0.765. The molecule has 0 unspecified atom stereocenters. The Labute approximate surface area is 145 Å². The lowest BCUT2D eigenvalue weighted by Gasteiger charge is -2.26. The van der Waals surface area contributed by atoms with Crippen LogP contribution in [0.3, 0.4) is 0 Å². The van der Waals surface area contributed by atoms with Crippen molar-refractivity contribution in [2.24, 2.45) is 0 Å². The number of hydrogen-bond donors (Lipinski definition) is 2. The van der Waals surface area contributed by atoms with E-state index in [-0.39, 0.29) is 6.04 Å². The fraction of sp³-hybridized carbons (Fsp3) is 0.0625. The van der Waals surface area contributed by atoms with Crippen molar-refractivity contribution in [2.45, 2.75) is 6.04 Å². The molecule has 0 amide bonds. The second-order valence-corrected chi connectivity index (χ2v) is 6.95. The highest BCUT2D eigenvalue weighted by atomic mass is 79.9. The monoisotopic (exact) mass is 422 g/mol. The van der Waals surface area contributed by atoms with Gasteiger partial charge in [0.15, 0.2) is 5.11 Å². The molecule has 0 aromatic heterocycles. The molecule has 0 spiro atoms. The van der Waals surface area contributed by atoms with E-state index in [9.17, 15) is 0 Å². The Bertz CT molecular complexity index is 693. The zero-order chi connectivity index (χ0) is 14.8. The van der Waals surface area contributed by atoms with Crippen molar-refractivity contribution in [3.8, 4) is 0 Å². The number of thiocarbonyl (C=S) groups is 1. The summed E-state index contributed by atoms with van der Waals surface area (Å²) in [5.41, 5.74) is 3.32. The topological polar surface area (TPSA) is 24.1 Å². The van der Waals surface area contributed by atoms with Gasteiger partial charge < -0.3 is 10.6 Å². The molecule has 2 N–H and O–H groups in total. The Kier molecular flexibility index (Phi) is 4.42. The standard InChI is InChI=1S/C16H12Br2N2S/c17-12-5-1-10(2-6-12)14-9-15(20-16(21)19-14)11-3-7-13(18)8-4-11/h1-9,14H,(H2,19,20,21)/t14-/m1/s1. The highest BCUT2D eigenvalue weighted by Crippen LogP contribution is 2.25. The molecule has 0 saturated heterocycles. The molecule has 21 heavy (non-hydrogen) atoms. The molecule has 2 aromatic carbocycles. The van der Waals surface area contributed by atoms with Gasteiger partial charge in [0.25, 0.3) is 0 Å². The summed E-state index contributed by atoms with van der Waals surface area (Å²) in [6.07, 6.45) is 2.16. The molecule has 5 heteroatoms. The van der Waals surface area contributed by atoms with E-state index in [1.54, 1.807) is 0 Å². The Balaban J connectivity index is 1.95. The largest absolute Gasteiger partial charge is 0.352 e. The maximum atomic E-state index is 5.33. The molecule has 1 aliphatic rings. The Morgan fingerprint density at radius 2 is 1.43 bits per heavy atom.